The van der Waals surface area contributed by atoms with E-state index < -0.39 is 0 Å². The minimum Gasteiger partial charge on any atom is -0.339 e. The van der Waals surface area contributed by atoms with Gasteiger partial charge in [0.25, 0.3) is 0 Å². The number of hydrogen-bond acceptors (Lipinski definition) is 1. The Bertz CT molecular complexity index is 1060. The molecule has 4 rings (SSSR count). The summed E-state index contributed by atoms with van der Waals surface area (Å²) in [7, 11) is 0. The lowest BCUT2D eigenvalue weighted by Crippen LogP contribution is -2.05. The topological polar surface area (TPSA) is 17.8 Å². The van der Waals surface area contributed by atoms with Crippen LogP contribution in [0, 0.1) is 20.8 Å². The van der Waals surface area contributed by atoms with Crippen LogP contribution in [0.3, 0.4) is 0 Å². The van der Waals surface area contributed by atoms with Crippen LogP contribution in [0.25, 0.3) is 10.9 Å². The van der Waals surface area contributed by atoms with Crippen molar-refractivity contribution in [2.45, 2.75) is 40.2 Å². The summed E-state index contributed by atoms with van der Waals surface area (Å²) in [5.74, 6) is 0. The van der Waals surface area contributed by atoms with Crippen molar-refractivity contribution < 1.29 is 0 Å². The summed E-state index contributed by atoms with van der Waals surface area (Å²) in [4.78, 5) is 4.77. The fraction of sp³-hybridized carbons (Fsp3) is 0.240. The van der Waals surface area contributed by atoms with Gasteiger partial charge in [0.1, 0.15) is 0 Å². The molecule has 3 heteroatoms. The number of hydrogen-bond donors (Lipinski definition) is 0. The molecule has 0 aliphatic rings. The molecule has 144 valence electrons. The number of fused-ring (bicyclic) bond motifs is 1. The average molecular weight is 391 g/mol. The monoisotopic (exact) mass is 390 g/mol. The first-order valence-electron chi connectivity index (χ1n) is 9.66. The quantitative estimate of drug-likeness (QED) is 0.395. The van der Waals surface area contributed by atoms with Crippen LogP contribution < -0.4 is 0 Å². The van der Waals surface area contributed by atoms with E-state index in [2.05, 4.69) is 86.0 Å². The molecule has 28 heavy (non-hydrogen) atoms. The highest BCUT2D eigenvalue weighted by Crippen LogP contribution is 2.28. The van der Waals surface area contributed by atoms with Gasteiger partial charge in [0.2, 0.25) is 0 Å². The van der Waals surface area contributed by atoms with Gasteiger partial charge in [0.05, 0.1) is 11.2 Å². The molecular weight excluding hydrogens is 364 g/mol. The molecule has 0 saturated carbocycles. The lowest BCUT2D eigenvalue weighted by molar-refractivity contribution is 0.788. The second kappa shape index (κ2) is 8.62. The smallest absolute Gasteiger partial charge is 0.0707 e. The molecule has 0 radical (unpaired) electrons. The summed E-state index contributed by atoms with van der Waals surface area (Å²) in [5.41, 5.74) is 9.18. The van der Waals surface area contributed by atoms with Crippen LogP contribution in [0.4, 0.5) is 0 Å². The van der Waals surface area contributed by atoms with Crippen molar-refractivity contribution in [2.75, 3.05) is 0 Å². The highest BCUT2D eigenvalue weighted by Gasteiger charge is 2.15. The third-order valence-electron chi connectivity index (χ3n) is 5.58. The second-order valence-corrected chi connectivity index (χ2v) is 7.42. The fourth-order valence-corrected chi connectivity index (χ4v) is 3.83. The van der Waals surface area contributed by atoms with E-state index in [9.17, 15) is 0 Å². The Balaban J connectivity index is 0.00000225. The summed E-state index contributed by atoms with van der Waals surface area (Å²) in [6.07, 6.45) is 3.93. The largest absolute Gasteiger partial charge is 0.339 e. The summed E-state index contributed by atoms with van der Waals surface area (Å²) in [6, 6.07) is 21.7. The molecule has 2 heterocycles. The first-order chi connectivity index (χ1) is 13.1. The molecule has 2 aromatic carbocycles. The van der Waals surface area contributed by atoms with E-state index in [1.165, 1.54) is 44.5 Å². The van der Waals surface area contributed by atoms with Gasteiger partial charge in [-0.2, -0.15) is 0 Å². The summed E-state index contributed by atoms with van der Waals surface area (Å²) in [6.45, 7) is 7.48. The molecule has 2 aromatic heterocycles. The van der Waals surface area contributed by atoms with E-state index in [4.69, 9.17) is 4.98 Å². The zero-order chi connectivity index (χ0) is 18.8. The van der Waals surface area contributed by atoms with Crippen LogP contribution in [0.1, 0.15) is 33.6 Å². The first-order valence-corrected chi connectivity index (χ1v) is 9.66. The van der Waals surface area contributed by atoms with Crippen molar-refractivity contribution in [1.29, 1.82) is 0 Å². The standard InChI is InChI=1S/C25H26N2.ClH/c1-18-9-11-22(12-10-18)17-27-20(3)19(2)23-15-16-26-24(25(23)27)14-13-21-7-5-4-6-8-21;/h4-12,15-16H,13-14,17H2,1-3H3;1H. The molecule has 0 saturated heterocycles. The van der Waals surface area contributed by atoms with Crippen LogP contribution in [0.5, 0.6) is 0 Å². The van der Waals surface area contributed by atoms with Gasteiger partial charge in [-0.1, -0.05) is 60.2 Å². The molecule has 0 atom stereocenters. The third kappa shape index (κ3) is 3.98. The molecule has 0 fully saturated rings. The number of halogens is 1. The molecule has 0 aliphatic carbocycles. The Morgan fingerprint density at radius 1 is 0.786 bits per heavy atom. The van der Waals surface area contributed by atoms with Crippen molar-refractivity contribution in [3.63, 3.8) is 0 Å². The number of nitrogens with zero attached hydrogens (tertiary/aromatic N) is 2. The Hall–Kier alpha value is -2.58. The van der Waals surface area contributed by atoms with Crippen LogP contribution in [0.15, 0.2) is 66.9 Å². The summed E-state index contributed by atoms with van der Waals surface area (Å²) in [5, 5.41) is 1.33. The Morgan fingerprint density at radius 3 is 2.21 bits per heavy atom. The Kier molecular flexibility index (Phi) is 6.21. The van der Waals surface area contributed by atoms with Gasteiger partial charge in [0, 0.05) is 23.8 Å². The van der Waals surface area contributed by atoms with Gasteiger partial charge in [-0.25, -0.2) is 0 Å². The molecule has 0 spiro atoms. The van der Waals surface area contributed by atoms with E-state index in [1.807, 2.05) is 6.20 Å². The lowest BCUT2D eigenvalue weighted by Gasteiger charge is -2.12. The highest BCUT2D eigenvalue weighted by atomic mass is 35.5. The van der Waals surface area contributed by atoms with Crippen LogP contribution in [-0.2, 0) is 19.4 Å². The number of aromatic nitrogens is 2. The summed E-state index contributed by atoms with van der Waals surface area (Å²) >= 11 is 0. The van der Waals surface area contributed by atoms with Gasteiger partial charge in [-0.3, -0.25) is 4.98 Å². The number of benzene rings is 2. The Labute approximate surface area is 173 Å². The zero-order valence-corrected chi connectivity index (χ0v) is 17.6. The van der Waals surface area contributed by atoms with Gasteiger partial charge in [-0.05, 0) is 56.4 Å². The molecule has 0 N–H and O–H groups in total. The zero-order valence-electron chi connectivity index (χ0n) is 16.8. The molecular formula is C25H27ClN2. The van der Waals surface area contributed by atoms with Crippen LogP contribution in [-0.4, -0.2) is 9.55 Å². The Morgan fingerprint density at radius 2 is 1.50 bits per heavy atom. The fourth-order valence-electron chi connectivity index (χ4n) is 3.83. The number of pyridine rings is 1. The first kappa shape index (κ1) is 20.2. The van der Waals surface area contributed by atoms with Crippen LogP contribution in [0.2, 0.25) is 0 Å². The predicted molar refractivity (Wildman–Crippen MR) is 121 cm³/mol. The van der Waals surface area contributed by atoms with Crippen molar-refractivity contribution in [3.8, 4) is 0 Å². The normalized spacial score (nSPS) is 10.8. The molecule has 4 aromatic rings. The van der Waals surface area contributed by atoms with Crippen molar-refractivity contribution in [3.05, 3.63) is 101 Å². The van der Waals surface area contributed by atoms with E-state index >= 15 is 0 Å². The molecule has 0 amide bonds. The molecule has 0 unspecified atom stereocenters. The van der Waals surface area contributed by atoms with E-state index in [-0.39, 0.29) is 12.4 Å². The average Bonchev–Trinajstić information content (AvgIpc) is 2.94. The van der Waals surface area contributed by atoms with Gasteiger partial charge in [-0.15, -0.1) is 12.4 Å². The highest BCUT2D eigenvalue weighted by molar-refractivity contribution is 5.87. The molecule has 0 bridgehead atoms. The van der Waals surface area contributed by atoms with Gasteiger partial charge in [0.15, 0.2) is 0 Å². The van der Waals surface area contributed by atoms with E-state index in [0.29, 0.717) is 0 Å². The van der Waals surface area contributed by atoms with E-state index in [1.54, 1.807) is 0 Å². The predicted octanol–water partition coefficient (Wildman–Crippen LogP) is 6.22. The lowest BCUT2D eigenvalue weighted by atomic mass is 10.1. The maximum Gasteiger partial charge on any atom is 0.0707 e. The van der Waals surface area contributed by atoms with Crippen molar-refractivity contribution in [1.82, 2.24) is 9.55 Å². The molecule has 2 nitrogen and oxygen atoms in total. The van der Waals surface area contributed by atoms with Crippen molar-refractivity contribution >= 4 is 23.3 Å². The minimum absolute atomic E-state index is 0. The van der Waals surface area contributed by atoms with Gasteiger partial charge >= 0.3 is 0 Å². The van der Waals surface area contributed by atoms with Crippen LogP contribution >= 0.6 is 12.4 Å². The second-order valence-electron chi connectivity index (χ2n) is 7.42. The maximum absolute atomic E-state index is 4.77. The maximum atomic E-state index is 4.77. The third-order valence-corrected chi connectivity index (χ3v) is 5.58. The van der Waals surface area contributed by atoms with Gasteiger partial charge < -0.3 is 4.57 Å². The minimum atomic E-state index is 0. The number of aryl methyl sites for hydroxylation is 4. The number of rotatable bonds is 5. The van der Waals surface area contributed by atoms with Crippen molar-refractivity contribution in [2.24, 2.45) is 0 Å². The molecule has 0 aliphatic heterocycles. The summed E-state index contributed by atoms with van der Waals surface area (Å²) < 4.78 is 2.45. The van der Waals surface area contributed by atoms with E-state index in [0.717, 1.165) is 19.4 Å². The SMILES string of the molecule is Cc1ccc(Cn2c(C)c(C)c3ccnc(CCc4ccccc4)c32)cc1.Cl.